The quantitative estimate of drug-likeness (QED) is 0.858. The molecule has 1 N–H and O–H groups in total. The van der Waals surface area contributed by atoms with Gasteiger partial charge in [-0.25, -0.2) is 4.79 Å². The van der Waals surface area contributed by atoms with E-state index in [-0.39, 0.29) is 18.3 Å². The maximum Gasteiger partial charge on any atom is 0.374 e. The smallest absolute Gasteiger partial charge is 0.374 e. The van der Waals surface area contributed by atoms with E-state index in [0.717, 1.165) is 23.2 Å². The van der Waals surface area contributed by atoms with Crippen LogP contribution in [0.2, 0.25) is 0 Å². The second-order valence-electron chi connectivity index (χ2n) is 4.56. The van der Waals surface area contributed by atoms with Crippen molar-refractivity contribution in [3.05, 3.63) is 53.5 Å². The molecule has 1 heterocycles. The molecule has 2 aromatic rings. The van der Waals surface area contributed by atoms with Crippen molar-refractivity contribution in [3.63, 3.8) is 0 Å². The molecule has 110 valence electrons. The van der Waals surface area contributed by atoms with Gasteiger partial charge in [-0.15, -0.1) is 0 Å². The van der Waals surface area contributed by atoms with Crippen LogP contribution in [-0.4, -0.2) is 18.5 Å². The third kappa shape index (κ3) is 3.72. The van der Waals surface area contributed by atoms with Gasteiger partial charge in [0.05, 0.1) is 6.26 Å². The first-order valence-electron chi connectivity index (χ1n) is 6.70. The van der Waals surface area contributed by atoms with Crippen molar-refractivity contribution in [3.8, 4) is 0 Å². The van der Waals surface area contributed by atoms with Gasteiger partial charge >= 0.3 is 5.97 Å². The summed E-state index contributed by atoms with van der Waals surface area (Å²) in [5.41, 5.74) is 2.79. The summed E-state index contributed by atoms with van der Waals surface area (Å²) in [6.45, 7) is 3.59. The third-order valence-electron chi connectivity index (χ3n) is 3.06. The molecule has 0 aliphatic rings. The van der Waals surface area contributed by atoms with E-state index in [9.17, 15) is 9.59 Å². The molecule has 0 radical (unpaired) electrons. The molecule has 0 aliphatic heterocycles. The van der Waals surface area contributed by atoms with E-state index in [2.05, 4.69) is 5.32 Å². The van der Waals surface area contributed by atoms with Crippen LogP contribution in [0, 0.1) is 6.92 Å². The normalized spacial score (nSPS) is 10.2. The number of anilines is 1. The number of hydrogen-bond acceptors (Lipinski definition) is 4. The largest absolute Gasteiger partial charge is 0.457 e. The van der Waals surface area contributed by atoms with E-state index in [1.807, 2.05) is 32.0 Å². The molecule has 0 fully saturated rings. The second-order valence-corrected chi connectivity index (χ2v) is 4.56. The van der Waals surface area contributed by atoms with Crippen LogP contribution in [0.1, 0.15) is 28.6 Å². The Morgan fingerprint density at radius 3 is 2.71 bits per heavy atom. The minimum atomic E-state index is -0.657. The van der Waals surface area contributed by atoms with Gasteiger partial charge in [-0.05, 0) is 36.6 Å². The van der Waals surface area contributed by atoms with E-state index in [0.29, 0.717) is 0 Å². The first kappa shape index (κ1) is 14.8. The van der Waals surface area contributed by atoms with Crippen LogP contribution in [0.4, 0.5) is 5.69 Å². The maximum absolute atomic E-state index is 11.9. The predicted molar refractivity (Wildman–Crippen MR) is 78.2 cm³/mol. The number of rotatable bonds is 5. The van der Waals surface area contributed by atoms with Gasteiger partial charge in [0.25, 0.3) is 5.91 Å². The van der Waals surface area contributed by atoms with Gasteiger partial charge in [0.2, 0.25) is 5.76 Å². The summed E-state index contributed by atoms with van der Waals surface area (Å²) >= 11 is 0. The van der Waals surface area contributed by atoms with Gasteiger partial charge in [0.15, 0.2) is 6.61 Å². The fraction of sp³-hybridized carbons (Fsp3) is 0.250. The van der Waals surface area contributed by atoms with Crippen molar-refractivity contribution in [2.24, 2.45) is 0 Å². The molecule has 0 aliphatic carbocycles. The van der Waals surface area contributed by atoms with Gasteiger partial charge in [-0.1, -0.05) is 25.1 Å². The number of benzene rings is 1. The number of furan rings is 1. The Bertz CT molecular complexity index is 632. The molecule has 1 amide bonds. The lowest BCUT2D eigenvalue weighted by atomic mass is 10.1. The number of aryl methyl sites for hydroxylation is 2. The lowest BCUT2D eigenvalue weighted by molar-refractivity contribution is -0.119. The van der Waals surface area contributed by atoms with Crippen LogP contribution in [0.25, 0.3) is 0 Å². The first-order chi connectivity index (χ1) is 10.1. The van der Waals surface area contributed by atoms with Gasteiger partial charge < -0.3 is 14.5 Å². The van der Waals surface area contributed by atoms with Crippen molar-refractivity contribution in [1.29, 1.82) is 0 Å². The van der Waals surface area contributed by atoms with Crippen LogP contribution in [0.5, 0.6) is 0 Å². The zero-order chi connectivity index (χ0) is 15.2. The Labute approximate surface area is 122 Å². The van der Waals surface area contributed by atoms with Crippen molar-refractivity contribution in [2.45, 2.75) is 20.3 Å². The Hall–Kier alpha value is -2.56. The standard InChI is InChI=1S/C16H17NO4/c1-3-12-7-4-6-11(2)15(12)17-14(18)10-21-16(19)13-8-5-9-20-13/h4-9H,3,10H2,1-2H3,(H,17,18). The van der Waals surface area contributed by atoms with E-state index >= 15 is 0 Å². The Morgan fingerprint density at radius 2 is 2.05 bits per heavy atom. The predicted octanol–water partition coefficient (Wildman–Crippen LogP) is 2.95. The zero-order valence-corrected chi connectivity index (χ0v) is 12.0. The molecule has 1 aromatic carbocycles. The Kier molecular flexibility index (Phi) is 4.77. The molecule has 0 saturated heterocycles. The number of amides is 1. The third-order valence-corrected chi connectivity index (χ3v) is 3.06. The number of esters is 1. The average molecular weight is 287 g/mol. The molecular weight excluding hydrogens is 270 g/mol. The maximum atomic E-state index is 11.9. The number of carbonyl (C=O) groups is 2. The molecule has 1 aromatic heterocycles. The lowest BCUT2D eigenvalue weighted by Gasteiger charge is -2.12. The van der Waals surface area contributed by atoms with E-state index < -0.39 is 5.97 Å². The Balaban J connectivity index is 1.95. The van der Waals surface area contributed by atoms with Crippen molar-refractivity contribution in [1.82, 2.24) is 0 Å². The van der Waals surface area contributed by atoms with Gasteiger partial charge in [0, 0.05) is 5.69 Å². The van der Waals surface area contributed by atoms with Gasteiger partial charge in [0.1, 0.15) is 0 Å². The number of nitrogens with one attached hydrogen (secondary N) is 1. The topological polar surface area (TPSA) is 68.5 Å². The van der Waals surface area contributed by atoms with Crippen LogP contribution >= 0.6 is 0 Å². The molecule has 21 heavy (non-hydrogen) atoms. The minimum absolute atomic E-state index is 0.0768. The molecule has 5 heteroatoms. The van der Waals surface area contributed by atoms with Crippen molar-refractivity contribution < 1.29 is 18.7 Å². The summed E-state index contributed by atoms with van der Waals surface area (Å²) in [5.74, 6) is -0.956. The summed E-state index contributed by atoms with van der Waals surface area (Å²) in [6.07, 6.45) is 2.18. The highest BCUT2D eigenvalue weighted by Crippen LogP contribution is 2.20. The average Bonchev–Trinajstić information content (AvgIpc) is 3.01. The van der Waals surface area contributed by atoms with E-state index in [1.54, 1.807) is 6.07 Å². The van der Waals surface area contributed by atoms with Crippen molar-refractivity contribution in [2.75, 3.05) is 11.9 Å². The van der Waals surface area contributed by atoms with Gasteiger partial charge in [-0.3, -0.25) is 4.79 Å². The monoisotopic (exact) mass is 287 g/mol. The number of carbonyl (C=O) groups excluding carboxylic acids is 2. The fourth-order valence-electron chi connectivity index (χ4n) is 1.97. The van der Waals surface area contributed by atoms with E-state index in [4.69, 9.17) is 9.15 Å². The summed E-state index contributed by atoms with van der Waals surface area (Å²) in [7, 11) is 0. The number of ether oxygens (including phenoxy) is 1. The lowest BCUT2D eigenvalue weighted by Crippen LogP contribution is -2.21. The SMILES string of the molecule is CCc1cccc(C)c1NC(=O)COC(=O)c1ccco1. The minimum Gasteiger partial charge on any atom is -0.457 e. The highest BCUT2D eigenvalue weighted by molar-refractivity contribution is 5.95. The molecule has 0 spiro atoms. The van der Waals surface area contributed by atoms with Gasteiger partial charge in [-0.2, -0.15) is 0 Å². The van der Waals surface area contributed by atoms with E-state index in [1.165, 1.54) is 12.3 Å². The second kappa shape index (κ2) is 6.74. The molecule has 0 saturated carbocycles. The van der Waals surface area contributed by atoms with Crippen LogP contribution in [-0.2, 0) is 16.0 Å². The summed E-state index contributed by atoms with van der Waals surface area (Å²) < 4.78 is 9.78. The summed E-state index contributed by atoms with van der Waals surface area (Å²) in [4.78, 5) is 23.4. The van der Waals surface area contributed by atoms with Crippen LogP contribution in [0.15, 0.2) is 41.0 Å². The van der Waals surface area contributed by atoms with Crippen LogP contribution in [0.3, 0.4) is 0 Å². The highest BCUT2D eigenvalue weighted by atomic mass is 16.5. The molecule has 0 bridgehead atoms. The number of para-hydroxylation sites is 1. The fourth-order valence-corrected chi connectivity index (χ4v) is 1.97. The molecule has 2 rings (SSSR count). The highest BCUT2D eigenvalue weighted by Gasteiger charge is 2.14. The molecular formula is C16H17NO4. The molecule has 0 atom stereocenters. The van der Waals surface area contributed by atoms with Crippen LogP contribution < -0.4 is 5.32 Å². The Morgan fingerprint density at radius 1 is 1.24 bits per heavy atom. The first-order valence-corrected chi connectivity index (χ1v) is 6.70. The summed E-state index contributed by atoms with van der Waals surface area (Å²) in [5, 5.41) is 2.78. The number of hydrogen-bond donors (Lipinski definition) is 1. The van der Waals surface area contributed by atoms with Crippen molar-refractivity contribution >= 4 is 17.6 Å². The summed E-state index contributed by atoms with van der Waals surface area (Å²) in [6, 6.07) is 8.89. The zero-order valence-electron chi connectivity index (χ0n) is 12.0. The molecule has 0 unspecified atom stereocenters. The molecule has 5 nitrogen and oxygen atoms in total.